The Labute approximate surface area is 182 Å². The molecule has 2 aromatic carbocycles. The maximum atomic E-state index is 13.0. The van der Waals surface area contributed by atoms with Gasteiger partial charge in [-0.15, -0.1) is 0 Å². The van der Waals surface area contributed by atoms with Gasteiger partial charge >= 0.3 is 0 Å². The van der Waals surface area contributed by atoms with E-state index in [1.807, 2.05) is 30.5 Å². The molecule has 7 nitrogen and oxygen atoms in total. The molecular formula is C21H19FN4O3S2. The molecule has 160 valence electrons. The number of benzene rings is 2. The summed E-state index contributed by atoms with van der Waals surface area (Å²) in [6, 6.07) is 12.4. The van der Waals surface area contributed by atoms with Crippen molar-refractivity contribution in [3.8, 4) is 0 Å². The maximum absolute atomic E-state index is 13.0. The van der Waals surface area contributed by atoms with Gasteiger partial charge in [0.15, 0.2) is 5.13 Å². The summed E-state index contributed by atoms with van der Waals surface area (Å²) >= 11 is 0.949. The first-order valence-corrected chi connectivity index (χ1v) is 11.7. The minimum atomic E-state index is -3.93. The van der Waals surface area contributed by atoms with Crippen LogP contribution in [0.5, 0.6) is 0 Å². The third kappa shape index (κ3) is 4.59. The van der Waals surface area contributed by atoms with E-state index < -0.39 is 15.8 Å². The number of aryl methyl sites for hydroxylation is 1. The molecule has 2 heterocycles. The summed E-state index contributed by atoms with van der Waals surface area (Å²) in [6.07, 6.45) is 2.58. The number of carbonyl (C=O) groups excluding carboxylic acids is 1. The van der Waals surface area contributed by atoms with Crippen LogP contribution in [-0.4, -0.2) is 30.8 Å². The van der Waals surface area contributed by atoms with Gasteiger partial charge in [-0.3, -0.25) is 9.52 Å². The van der Waals surface area contributed by atoms with Crippen LogP contribution in [0.15, 0.2) is 59.6 Å². The first kappa shape index (κ1) is 21.0. The number of rotatable bonds is 7. The summed E-state index contributed by atoms with van der Waals surface area (Å²) in [7, 11) is -3.93. The van der Waals surface area contributed by atoms with E-state index in [-0.39, 0.29) is 15.9 Å². The summed E-state index contributed by atoms with van der Waals surface area (Å²) in [5.41, 5.74) is 2.57. The van der Waals surface area contributed by atoms with Crippen LogP contribution in [0.25, 0.3) is 10.9 Å². The van der Waals surface area contributed by atoms with Crippen molar-refractivity contribution in [3.05, 3.63) is 76.7 Å². The standard InChI is InChI=1S/C21H19FN4O3S2/c1-13-19(20(27)23-11-10-14-12-24-18-5-3-2-4-17(14)18)30-21(25-13)26-31(28,29)16-8-6-15(22)7-9-16/h2-9,12,24H,10-11H2,1H3,(H,23,27)(H,25,26). The Morgan fingerprint density at radius 1 is 1.16 bits per heavy atom. The van der Waals surface area contributed by atoms with Crippen LogP contribution in [0.4, 0.5) is 9.52 Å². The monoisotopic (exact) mass is 458 g/mol. The van der Waals surface area contributed by atoms with Crippen molar-refractivity contribution < 1.29 is 17.6 Å². The fourth-order valence-electron chi connectivity index (χ4n) is 3.17. The van der Waals surface area contributed by atoms with Gasteiger partial charge in [-0.25, -0.2) is 17.8 Å². The van der Waals surface area contributed by atoms with Crippen LogP contribution in [0.3, 0.4) is 0 Å². The molecule has 0 saturated heterocycles. The molecule has 4 rings (SSSR count). The zero-order valence-electron chi connectivity index (χ0n) is 16.5. The van der Waals surface area contributed by atoms with E-state index in [0.29, 0.717) is 23.5 Å². The molecule has 1 amide bonds. The van der Waals surface area contributed by atoms with Gasteiger partial charge in [0, 0.05) is 23.6 Å². The van der Waals surface area contributed by atoms with Crippen molar-refractivity contribution in [2.45, 2.75) is 18.2 Å². The number of halogens is 1. The van der Waals surface area contributed by atoms with Crippen LogP contribution in [0.2, 0.25) is 0 Å². The van der Waals surface area contributed by atoms with Crippen LogP contribution >= 0.6 is 11.3 Å². The highest BCUT2D eigenvalue weighted by Crippen LogP contribution is 2.25. The highest BCUT2D eigenvalue weighted by Gasteiger charge is 2.20. The minimum absolute atomic E-state index is 0.0728. The van der Waals surface area contributed by atoms with Crippen LogP contribution in [0, 0.1) is 12.7 Å². The number of para-hydroxylation sites is 1. The van der Waals surface area contributed by atoms with Crippen LogP contribution in [0.1, 0.15) is 20.9 Å². The summed E-state index contributed by atoms with van der Waals surface area (Å²) in [5, 5.41) is 4.04. The normalized spacial score (nSPS) is 11.5. The minimum Gasteiger partial charge on any atom is -0.361 e. The molecular weight excluding hydrogens is 439 g/mol. The highest BCUT2D eigenvalue weighted by molar-refractivity contribution is 7.93. The quantitative estimate of drug-likeness (QED) is 0.391. The fraction of sp³-hybridized carbons (Fsp3) is 0.143. The molecule has 2 aromatic heterocycles. The number of hydrogen-bond acceptors (Lipinski definition) is 5. The van der Waals surface area contributed by atoms with Crippen molar-refractivity contribution in [3.63, 3.8) is 0 Å². The van der Waals surface area contributed by atoms with Gasteiger partial charge in [0.05, 0.1) is 10.6 Å². The van der Waals surface area contributed by atoms with E-state index >= 15 is 0 Å². The molecule has 3 N–H and O–H groups in total. The van der Waals surface area contributed by atoms with E-state index in [4.69, 9.17) is 0 Å². The number of fused-ring (bicyclic) bond motifs is 1. The van der Waals surface area contributed by atoms with Crippen molar-refractivity contribution in [2.75, 3.05) is 11.3 Å². The Morgan fingerprint density at radius 3 is 2.68 bits per heavy atom. The van der Waals surface area contributed by atoms with E-state index in [1.165, 1.54) is 0 Å². The zero-order chi connectivity index (χ0) is 22.0. The molecule has 0 unspecified atom stereocenters. The third-order valence-electron chi connectivity index (χ3n) is 4.70. The number of amides is 1. The van der Waals surface area contributed by atoms with Gasteiger partial charge in [-0.05, 0) is 49.2 Å². The van der Waals surface area contributed by atoms with Crippen LogP contribution < -0.4 is 10.0 Å². The second-order valence-corrected chi connectivity index (χ2v) is 9.54. The number of sulfonamides is 1. The largest absolute Gasteiger partial charge is 0.361 e. The first-order chi connectivity index (χ1) is 14.8. The Balaban J connectivity index is 1.41. The number of anilines is 1. The lowest BCUT2D eigenvalue weighted by molar-refractivity contribution is 0.0957. The Kier molecular flexibility index (Phi) is 5.75. The molecule has 31 heavy (non-hydrogen) atoms. The molecule has 10 heteroatoms. The van der Waals surface area contributed by atoms with E-state index in [1.54, 1.807) is 6.92 Å². The predicted octanol–water partition coefficient (Wildman–Crippen LogP) is 3.85. The number of aromatic amines is 1. The number of hydrogen-bond donors (Lipinski definition) is 3. The van der Waals surface area contributed by atoms with Crippen molar-refractivity contribution in [2.24, 2.45) is 0 Å². The smallest absolute Gasteiger partial charge is 0.263 e. The summed E-state index contributed by atoms with van der Waals surface area (Å²) in [5.74, 6) is -0.849. The molecule has 0 aliphatic heterocycles. The Hall–Kier alpha value is -3.24. The predicted molar refractivity (Wildman–Crippen MR) is 118 cm³/mol. The second kappa shape index (κ2) is 8.48. The van der Waals surface area contributed by atoms with Gasteiger partial charge in [-0.1, -0.05) is 29.5 Å². The molecule has 0 aliphatic rings. The summed E-state index contributed by atoms with van der Waals surface area (Å²) in [4.78, 5) is 20.2. The lowest BCUT2D eigenvalue weighted by Crippen LogP contribution is -2.25. The molecule has 0 spiro atoms. The molecule has 0 radical (unpaired) electrons. The van der Waals surface area contributed by atoms with Gasteiger partial charge in [0.1, 0.15) is 10.7 Å². The summed E-state index contributed by atoms with van der Waals surface area (Å²) < 4.78 is 40.3. The molecule has 0 saturated carbocycles. The number of thiazole rings is 1. The SMILES string of the molecule is Cc1nc(NS(=O)(=O)c2ccc(F)cc2)sc1C(=O)NCCc1c[nH]c2ccccc12. The van der Waals surface area contributed by atoms with Gasteiger partial charge in [0.2, 0.25) is 0 Å². The van der Waals surface area contributed by atoms with Crippen molar-refractivity contribution in [1.29, 1.82) is 0 Å². The maximum Gasteiger partial charge on any atom is 0.263 e. The van der Waals surface area contributed by atoms with E-state index in [0.717, 1.165) is 52.1 Å². The zero-order valence-corrected chi connectivity index (χ0v) is 18.1. The van der Waals surface area contributed by atoms with Gasteiger partial charge in [0.25, 0.3) is 15.9 Å². The van der Waals surface area contributed by atoms with Crippen molar-refractivity contribution >= 4 is 43.3 Å². The Morgan fingerprint density at radius 2 is 1.90 bits per heavy atom. The third-order valence-corrected chi connectivity index (χ3v) is 7.26. The highest BCUT2D eigenvalue weighted by atomic mass is 32.2. The molecule has 4 aromatic rings. The molecule has 0 fully saturated rings. The molecule has 0 atom stereocenters. The molecule has 0 bridgehead atoms. The van der Waals surface area contributed by atoms with E-state index in [9.17, 15) is 17.6 Å². The average Bonchev–Trinajstić information content (AvgIpc) is 3.31. The molecule has 0 aliphatic carbocycles. The number of nitrogens with zero attached hydrogens (tertiary/aromatic N) is 1. The average molecular weight is 459 g/mol. The van der Waals surface area contributed by atoms with E-state index in [2.05, 4.69) is 20.0 Å². The Bertz CT molecular complexity index is 1340. The fourth-order valence-corrected chi connectivity index (χ4v) is 5.29. The number of aromatic nitrogens is 2. The van der Waals surface area contributed by atoms with Crippen molar-refractivity contribution in [1.82, 2.24) is 15.3 Å². The topological polar surface area (TPSA) is 104 Å². The van der Waals surface area contributed by atoms with Gasteiger partial charge < -0.3 is 10.3 Å². The second-order valence-electron chi connectivity index (χ2n) is 6.86. The first-order valence-electron chi connectivity index (χ1n) is 9.42. The number of carbonyl (C=O) groups is 1. The number of nitrogens with one attached hydrogen (secondary N) is 3. The summed E-state index contributed by atoms with van der Waals surface area (Å²) in [6.45, 7) is 2.06. The number of H-pyrrole nitrogens is 1. The van der Waals surface area contributed by atoms with Crippen LogP contribution in [-0.2, 0) is 16.4 Å². The van der Waals surface area contributed by atoms with Gasteiger partial charge in [-0.2, -0.15) is 0 Å². The lowest BCUT2D eigenvalue weighted by atomic mass is 10.1. The lowest BCUT2D eigenvalue weighted by Gasteiger charge is -2.05.